The summed E-state index contributed by atoms with van der Waals surface area (Å²) in [6.45, 7) is 6.59. The van der Waals surface area contributed by atoms with Crippen molar-refractivity contribution in [2.45, 2.75) is 45.6 Å². The number of hydrogen-bond donors (Lipinski definition) is 2. The summed E-state index contributed by atoms with van der Waals surface area (Å²) in [5, 5.41) is 3.46. The van der Waals surface area contributed by atoms with E-state index in [-0.39, 0.29) is 0 Å². The van der Waals surface area contributed by atoms with Gasteiger partial charge in [0.05, 0.1) is 0 Å². The van der Waals surface area contributed by atoms with E-state index in [1.807, 2.05) is 0 Å². The van der Waals surface area contributed by atoms with Crippen LogP contribution in [-0.2, 0) is 0 Å². The molecule has 1 aliphatic carbocycles. The summed E-state index contributed by atoms with van der Waals surface area (Å²) in [5.74, 6) is 0. The first kappa shape index (κ1) is 10.0. The van der Waals surface area contributed by atoms with E-state index in [9.17, 15) is 0 Å². The summed E-state index contributed by atoms with van der Waals surface area (Å²) in [7, 11) is 0. The van der Waals surface area contributed by atoms with Crippen LogP contribution in [0, 0.1) is 5.41 Å². The largest absolute Gasteiger partial charge is 0.327 e. The minimum Gasteiger partial charge on any atom is -0.327 e. The lowest BCUT2D eigenvalue weighted by Gasteiger charge is -2.15. The van der Waals surface area contributed by atoms with Crippen molar-refractivity contribution in [1.82, 2.24) is 5.32 Å². The van der Waals surface area contributed by atoms with E-state index in [0.29, 0.717) is 11.5 Å². The molecule has 0 aromatic carbocycles. The number of nitrogens with one attached hydrogen (secondary N) is 1. The van der Waals surface area contributed by atoms with Gasteiger partial charge >= 0.3 is 0 Å². The van der Waals surface area contributed by atoms with Crippen molar-refractivity contribution in [3.05, 3.63) is 0 Å². The van der Waals surface area contributed by atoms with Crippen LogP contribution in [0.25, 0.3) is 0 Å². The van der Waals surface area contributed by atoms with Gasteiger partial charge in [0.25, 0.3) is 0 Å². The van der Waals surface area contributed by atoms with E-state index in [2.05, 4.69) is 19.2 Å². The molecule has 1 saturated carbocycles. The van der Waals surface area contributed by atoms with E-state index >= 15 is 0 Å². The maximum Gasteiger partial charge on any atom is 0.0162 e. The Balaban J connectivity index is 2.02. The molecule has 0 saturated heterocycles. The zero-order chi connectivity index (χ0) is 9.03. The van der Waals surface area contributed by atoms with Crippen LogP contribution < -0.4 is 11.1 Å². The van der Waals surface area contributed by atoms with Gasteiger partial charge in [-0.05, 0) is 31.1 Å². The molecule has 12 heavy (non-hydrogen) atoms. The Bertz CT molecular complexity index is 130. The summed E-state index contributed by atoms with van der Waals surface area (Å²) < 4.78 is 0. The average molecular weight is 170 g/mol. The van der Waals surface area contributed by atoms with E-state index in [4.69, 9.17) is 5.73 Å². The Hall–Kier alpha value is -0.0800. The molecule has 0 aliphatic heterocycles. The first-order chi connectivity index (χ1) is 5.72. The summed E-state index contributed by atoms with van der Waals surface area (Å²) in [5.41, 5.74) is 6.46. The molecule has 0 radical (unpaired) electrons. The van der Waals surface area contributed by atoms with Crippen LogP contribution in [0.4, 0.5) is 0 Å². The molecule has 0 amide bonds. The van der Waals surface area contributed by atoms with Gasteiger partial charge in [0.2, 0.25) is 0 Å². The summed E-state index contributed by atoms with van der Waals surface area (Å²) in [6, 6.07) is 0.345. The Morgan fingerprint density at radius 2 is 2.08 bits per heavy atom. The molecule has 2 heteroatoms. The van der Waals surface area contributed by atoms with Gasteiger partial charge in [-0.25, -0.2) is 0 Å². The van der Waals surface area contributed by atoms with Crippen molar-refractivity contribution in [2.24, 2.45) is 11.1 Å². The molecule has 2 nitrogen and oxygen atoms in total. The fourth-order valence-corrected chi connectivity index (χ4v) is 1.50. The highest BCUT2D eigenvalue weighted by Gasteiger charge is 2.39. The Morgan fingerprint density at radius 1 is 1.42 bits per heavy atom. The van der Waals surface area contributed by atoms with Gasteiger partial charge in [-0.2, -0.15) is 0 Å². The molecule has 1 fully saturated rings. The van der Waals surface area contributed by atoms with Gasteiger partial charge in [-0.1, -0.05) is 13.8 Å². The number of nitrogens with two attached hydrogens (primary N) is 1. The van der Waals surface area contributed by atoms with Crippen LogP contribution >= 0.6 is 0 Å². The lowest BCUT2D eigenvalue weighted by molar-refractivity contribution is 0.429. The van der Waals surface area contributed by atoms with Gasteiger partial charge in [-0.3, -0.25) is 0 Å². The molecule has 3 N–H and O–H groups in total. The molecule has 1 rings (SSSR count). The van der Waals surface area contributed by atoms with Crippen molar-refractivity contribution in [1.29, 1.82) is 0 Å². The summed E-state index contributed by atoms with van der Waals surface area (Å²) in [6.07, 6.45) is 5.23. The molecule has 1 unspecified atom stereocenters. The van der Waals surface area contributed by atoms with Crippen LogP contribution in [0.5, 0.6) is 0 Å². The standard InChI is InChI=1S/C10H22N2/c1-3-9(11)7-12-8-10(4-2)5-6-10/h9,12H,3-8,11H2,1-2H3. The Labute approximate surface area is 75.9 Å². The smallest absolute Gasteiger partial charge is 0.0162 e. The van der Waals surface area contributed by atoms with Gasteiger partial charge in [0.15, 0.2) is 0 Å². The first-order valence-electron chi connectivity index (χ1n) is 5.19. The molecule has 1 atom stereocenters. The normalized spacial score (nSPS) is 22.2. The Morgan fingerprint density at radius 3 is 2.50 bits per heavy atom. The van der Waals surface area contributed by atoms with Crippen molar-refractivity contribution in [3.63, 3.8) is 0 Å². The van der Waals surface area contributed by atoms with Crippen LogP contribution in [-0.4, -0.2) is 19.1 Å². The number of hydrogen-bond acceptors (Lipinski definition) is 2. The second-order valence-electron chi connectivity index (χ2n) is 4.15. The zero-order valence-electron chi connectivity index (χ0n) is 8.40. The molecule has 0 bridgehead atoms. The number of rotatable bonds is 6. The second-order valence-corrected chi connectivity index (χ2v) is 4.15. The molecule has 0 aromatic heterocycles. The average Bonchev–Trinajstić information content (AvgIpc) is 2.85. The Kier molecular flexibility index (Phi) is 3.53. The third kappa shape index (κ3) is 2.76. The molecular formula is C10H22N2. The fourth-order valence-electron chi connectivity index (χ4n) is 1.50. The quantitative estimate of drug-likeness (QED) is 0.634. The van der Waals surface area contributed by atoms with Gasteiger partial charge in [-0.15, -0.1) is 0 Å². The molecule has 1 aliphatic rings. The van der Waals surface area contributed by atoms with E-state index in [0.717, 1.165) is 13.0 Å². The van der Waals surface area contributed by atoms with E-state index in [1.165, 1.54) is 25.8 Å². The first-order valence-corrected chi connectivity index (χ1v) is 5.19. The lowest BCUT2D eigenvalue weighted by atomic mass is 10.0. The maximum absolute atomic E-state index is 5.80. The van der Waals surface area contributed by atoms with Crippen molar-refractivity contribution >= 4 is 0 Å². The minimum atomic E-state index is 0.345. The molecule has 0 aromatic rings. The van der Waals surface area contributed by atoms with Crippen LogP contribution in [0.3, 0.4) is 0 Å². The van der Waals surface area contributed by atoms with Gasteiger partial charge < -0.3 is 11.1 Å². The molecule has 72 valence electrons. The predicted octanol–water partition coefficient (Wildman–Crippen LogP) is 1.50. The lowest BCUT2D eigenvalue weighted by Crippen LogP contribution is -2.36. The second kappa shape index (κ2) is 4.24. The topological polar surface area (TPSA) is 38.0 Å². The van der Waals surface area contributed by atoms with Crippen LogP contribution in [0.15, 0.2) is 0 Å². The van der Waals surface area contributed by atoms with Gasteiger partial charge in [0.1, 0.15) is 0 Å². The third-order valence-electron chi connectivity index (χ3n) is 3.14. The highest BCUT2D eigenvalue weighted by molar-refractivity contribution is 4.93. The highest BCUT2D eigenvalue weighted by atomic mass is 14.9. The van der Waals surface area contributed by atoms with Crippen molar-refractivity contribution in [2.75, 3.05) is 13.1 Å². The van der Waals surface area contributed by atoms with Crippen LogP contribution in [0.2, 0.25) is 0 Å². The summed E-state index contributed by atoms with van der Waals surface area (Å²) >= 11 is 0. The molecular weight excluding hydrogens is 148 g/mol. The predicted molar refractivity (Wildman–Crippen MR) is 53.1 cm³/mol. The SMILES string of the molecule is CCC(N)CNCC1(CC)CC1. The van der Waals surface area contributed by atoms with Crippen molar-refractivity contribution < 1.29 is 0 Å². The zero-order valence-corrected chi connectivity index (χ0v) is 8.40. The monoisotopic (exact) mass is 170 g/mol. The molecule has 0 heterocycles. The highest BCUT2D eigenvalue weighted by Crippen LogP contribution is 2.47. The molecule has 0 spiro atoms. The van der Waals surface area contributed by atoms with Gasteiger partial charge in [0, 0.05) is 19.1 Å². The minimum absolute atomic E-state index is 0.345. The van der Waals surface area contributed by atoms with Crippen LogP contribution in [0.1, 0.15) is 39.5 Å². The van der Waals surface area contributed by atoms with E-state index in [1.54, 1.807) is 0 Å². The fraction of sp³-hybridized carbons (Fsp3) is 1.00. The summed E-state index contributed by atoms with van der Waals surface area (Å²) in [4.78, 5) is 0. The third-order valence-corrected chi connectivity index (χ3v) is 3.14. The van der Waals surface area contributed by atoms with Crippen molar-refractivity contribution in [3.8, 4) is 0 Å². The maximum atomic E-state index is 5.80. The van der Waals surface area contributed by atoms with E-state index < -0.39 is 0 Å².